The van der Waals surface area contributed by atoms with Gasteiger partial charge >= 0.3 is 103 Å². The van der Waals surface area contributed by atoms with E-state index in [0.29, 0.717) is 0 Å². The Morgan fingerprint density at radius 3 is 0.929 bits per heavy atom. The second-order valence-electron chi connectivity index (χ2n) is 0.953. The third-order valence-electron chi connectivity index (χ3n) is 0.194. The Balaban J connectivity index is -0.0000000675. The van der Waals surface area contributed by atoms with Crippen LogP contribution in [-0.2, 0) is 29.5 Å². The SMILES string of the molecule is N.N.O=S(=O)([O-])OOS(=O)(=O)[O-].[K+].[K+]. The van der Waals surface area contributed by atoms with Crippen molar-refractivity contribution in [3.8, 4) is 0 Å². The molecule has 0 amide bonds. The zero-order chi connectivity index (χ0) is 8.41. The van der Waals surface area contributed by atoms with Crippen LogP contribution in [0.5, 0.6) is 0 Å². The largest absolute Gasteiger partial charge is 1.00 e. The molecule has 0 bridgehead atoms. The maximum Gasteiger partial charge on any atom is 1.00 e. The van der Waals surface area contributed by atoms with Gasteiger partial charge in [-0.15, -0.1) is 8.67 Å². The van der Waals surface area contributed by atoms with E-state index in [0.717, 1.165) is 0 Å². The predicted molar refractivity (Wildman–Crippen MR) is 31.6 cm³/mol. The smallest absolute Gasteiger partial charge is 0.724 e. The van der Waals surface area contributed by atoms with Gasteiger partial charge in [0.15, 0.2) is 0 Å². The Hall–Kier alpha value is 2.93. The first-order chi connectivity index (χ1) is 4.21. The molecule has 0 aromatic heterocycles. The van der Waals surface area contributed by atoms with Gasteiger partial charge in [-0.1, -0.05) is 0 Å². The molecule has 0 aromatic rings. The molecule has 0 spiro atoms. The second kappa shape index (κ2) is 12.4. The quantitative estimate of drug-likeness (QED) is 0.165. The van der Waals surface area contributed by atoms with Crippen LogP contribution in [0.15, 0.2) is 0 Å². The van der Waals surface area contributed by atoms with Crippen molar-refractivity contribution in [3.63, 3.8) is 0 Å². The molecule has 0 unspecified atom stereocenters. The zero-order valence-corrected chi connectivity index (χ0v) is 15.4. The molecule has 0 heterocycles. The Labute approximate surface area is 166 Å². The van der Waals surface area contributed by atoms with E-state index in [4.69, 9.17) is 0 Å². The third kappa shape index (κ3) is 29.4. The van der Waals surface area contributed by atoms with Crippen LogP contribution in [0.3, 0.4) is 0 Å². The topological polar surface area (TPSA) is 203 Å². The summed E-state index contributed by atoms with van der Waals surface area (Å²) in [6, 6.07) is 0. The molecule has 10 nitrogen and oxygen atoms in total. The van der Waals surface area contributed by atoms with Gasteiger partial charge < -0.3 is 21.4 Å². The molecular weight excluding hydrogens is 298 g/mol. The van der Waals surface area contributed by atoms with Crippen LogP contribution in [0.1, 0.15) is 0 Å². The van der Waals surface area contributed by atoms with Crippen molar-refractivity contribution < 1.29 is 137 Å². The summed E-state index contributed by atoms with van der Waals surface area (Å²) in [6.07, 6.45) is 0. The Morgan fingerprint density at radius 2 is 0.857 bits per heavy atom. The van der Waals surface area contributed by atoms with Gasteiger partial charge in [-0.05, 0) is 0 Å². The molecule has 14 heavy (non-hydrogen) atoms. The molecule has 14 heteroatoms. The molecule has 0 atom stereocenters. The molecule has 0 fully saturated rings. The molecular formula is H6K2N2O8S2. The molecule has 0 radical (unpaired) electrons. The van der Waals surface area contributed by atoms with Crippen molar-refractivity contribution in [1.82, 2.24) is 12.3 Å². The minimum atomic E-state index is -5.31. The van der Waals surface area contributed by atoms with Crippen LogP contribution < -0.4 is 115 Å². The van der Waals surface area contributed by atoms with E-state index < -0.39 is 20.8 Å². The van der Waals surface area contributed by atoms with E-state index in [-0.39, 0.29) is 115 Å². The maximum atomic E-state index is 9.37. The summed E-state index contributed by atoms with van der Waals surface area (Å²) < 4.78 is 61.5. The van der Waals surface area contributed by atoms with Crippen LogP contribution in [0.2, 0.25) is 0 Å². The van der Waals surface area contributed by atoms with Gasteiger partial charge in [0.1, 0.15) is 0 Å². The Bertz CT molecular complexity index is 259. The standard InChI is InChI=1S/2K.2H3N.H2O8S2/c;;;;1-9(2,3)7-8-10(4,5)6/h;;2*1H3;(H,1,2,3)(H,4,5,6)/q2*+1;;;/p-2. The first-order valence-corrected chi connectivity index (χ1v) is 4.17. The minimum Gasteiger partial charge on any atom is -0.724 e. The molecule has 78 valence electrons. The second-order valence-corrected chi connectivity index (χ2v) is 2.86. The molecule has 0 saturated heterocycles. The summed E-state index contributed by atoms with van der Waals surface area (Å²) in [5, 5.41) is 0. The predicted octanol–water partition coefficient (Wildman–Crippen LogP) is -7.81. The van der Waals surface area contributed by atoms with Crippen molar-refractivity contribution in [2.24, 2.45) is 0 Å². The molecule has 0 aromatic carbocycles. The van der Waals surface area contributed by atoms with E-state index in [2.05, 4.69) is 8.67 Å². The van der Waals surface area contributed by atoms with E-state index in [1.165, 1.54) is 0 Å². The molecule has 0 aliphatic heterocycles. The summed E-state index contributed by atoms with van der Waals surface area (Å²) in [7, 11) is -10.6. The monoisotopic (exact) mass is 304 g/mol. The van der Waals surface area contributed by atoms with Gasteiger partial charge in [0.05, 0.1) is 0 Å². The van der Waals surface area contributed by atoms with E-state index in [9.17, 15) is 25.9 Å². The molecule has 0 aliphatic carbocycles. The maximum absolute atomic E-state index is 9.37. The van der Waals surface area contributed by atoms with Crippen molar-refractivity contribution >= 4 is 20.8 Å². The van der Waals surface area contributed by atoms with Gasteiger partial charge in [-0.25, -0.2) is 16.8 Å². The van der Waals surface area contributed by atoms with Gasteiger partial charge in [0, 0.05) is 0 Å². The number of hydrogen-bond acceptors (Lipinski definition) is 10. The summed E-state index contributed by atoms with van der Waals surface area (Å²) in [4.78, 5) is 0. The average molecular weight is 304 g/mol. The number of rotatable bonds is 3. The van der Waals surface area contributed by atoms with Crippen LogP contribution >= 0.6 is 0 Å². The molecule has 6 N–H and O–H groups in total. The first-order valence-electron chi connectivity index (χ1n) is 1.50. The van der Waals surface area contributed by atoms with Crippen molar-refractivity contribution in [1.29, 1.82) is 0 Å². The third-order valence-corrected chi connectivity index (χ3v) is 0.750. The van der Waals surface area contributed by atoms with Crippen LogP contribution in [0.25, 0.3) is 0 Å². The van der Waals surface area contributed by atoms with Gasteiger partial charge in [-0.2, -0.15) is 0 Å². The van der Waals surface area contributed by atoms with Crippen molar-refractivity contribution in [2.45, 2.75) is 0 Å². The van der Waals surface area contributed by atoms with E-state index >= 15 is 0 Å². The fourth-order valence-electron chi connectivity index (χ4n) is 0.0680. The van der Waals surface area contributed by atoms with E-state index in [1.54, 1.807) is 0 Å². The van der Waals surface area contributed by atoms with Crippen LogP contribution in [0, 0.1) is 0 Å². The fraction of sp³-hybridized carbons (Fsp3) is 0. The first kappa shape index (κ1) is 30.2. The Morgan fingerprint density at radius 1 is 0.714 bits per heavy atom. The van der Waals surface area contributed by atoms with Crippen molar-refractivity contribution in [3.05, 3.63) is 0 Å². The van der Waals surface area contributed by atoms with Crippen LogP contribution in [-0.4, -0.2) is 25.9 Å². The molecule has 0 rings (SSSR count). The van der Waals surface area contributed by atoms with Crippen LogP contribution in [0.4, 0.5) is 0 Å². The van der Waals surface area contributed by atoms with Gasteiger partial charge in [0.25, 0.3) is 0 Å². The molecule has 0 aliphatic rings. The summed E-state index contributed by atoms with van der Waals surface area (Å²) >= 11 is 0. The van der Waals surface area contributed by atoms with Gasteiger partial charge in [0.2, 0.25) is 20.8 Å². The summed E-state index contributed by atoms with van der Waals surface area (Å²) in [6.45, 7) is 0. The van der Waals surface area contributed by atoms with Crippen molar-refractivity contribution in [2.75, 3.05) is 0 Å². The average Bonchev–Trinajstić information content (AvgIpc) is 1.57. The zero-order valence-electron chi connectivity index (χ0n) is 7.50. The summed E-state index contributed by atoms with van der Waals surface area (Å²) in [5.41, 5.74) is 0. The fourth-order valence-corrected chi connectivity index (χ4v) is 0.612. The summed E-state index contributed by atoms with van der Waals surface area (Å²) in [5.74, 6) is 0. The minimum absolute atomic E-state index is 0. The normalized spacial score (nSPS) is 9.57. The Kier molecular flexibility index (Phi) is 26.7. The molecule has 0 saturated carbocycles. The van der Waals surface area contributed by atoms with E-state index in [1.807, 2.05) is 0 Å². The number of hydrogen-bond donors (Lipinski definition) is 2. The van der Waals surface area contributed by atoms with Gasteiger partial charge in [-0.3, -0.25) is 0 Å².